The number of carbonyl (C=O) groups excluding carboxylic acids is 1. The minimum Gasteiger partial charge on any atom is -0.338 e. The molecule has 1 aromatic rings. The van der Waals surface area contributed by atoms with E-state index in [2.05, 4.69) is 0 Å². The number of halogens is 3. The predicted octanol–water partition coefficient (Wildman–Crippen LogP) is 3.50. The van der Waals surface area contributed by atoms with Gasteiger partial charge in [-0.05, 0) is 47.9 Å². The van der Waals surface area contributed by atoms with Crippen molar-refractivity contribution in [1.82, 2.24) is 4.90 Å². The van der Waals surface area contributed by atoms with E-state index in [1.807, 2.05) is 13.8 Å². The molecule has 1 fully saturated rings. The molecular weight excluding hydrogens is 313 g/mol. The van der Waals surface area contributed by atoms with Crippen molar-refractivity contribution in [1.29, 1.82) is 0 Å². The molecule has 1 aliphatic heterocycles. The van der Waals surface area contributed by atoms with Gasteiger partial charge in [0.2, 0.25) is 0 Å². The molecule has 0 saturated carbocycles. The van der Waals surface area contributed by atoms with Crippen molar-refractivity contribution in [3.05, 3.63) is 29.8 Å². The third-order valence-corrected chi connectivity index (χ3v) is 4.67. The van der Waals surface area contributed by atoms with Crippen LogP contribution in [0.5, 0.6) is 0 Å². The highest BCUT2D eigenvalue weighted by molar-refractivity contribution is 8.00. The van der Waals surface area contributed by atoms with Crippen LogP contribution in [0.25, 0.3) is 0 Å². The molecule has 122 valence electrons. The molecule has 1 aliphatic rings. The summed E-state index contributed by atoms with van der Waals surface area (Å²) in [5.41, 5.74) is 1.96. The number of rotatable bonds is 2. The van der Waals surface area contributed by atoms with Gasteiger partial charge in [0.15, 0.2) is 0 Å². The van der Waals surface area contributed by atoms with Crippen LogP contribution in [0.1, 0.15) is 30.6 Å². The second-order valence-corrected chi connectivity index (χ2v) is 7.32. The smallest absolute Gasteiger partial charge is 0.338 e. The molecule has 1 aromatic carbocycles. The fraction of sp³-hybridized carbons (Fsp3) is 0.533. The van der Waals surface area contributed by atoms with Gasteiger partial charge < -0.3 is 10.6 Å². The minimum atomic E-state index is -4.32. The second kappa shape index (κ2) is 6.12. The monoisotopic (exact) mass is 332 g/mol. The third-order valence-electron chi connectivity index (χ3n) is 3.93. The Labute approximate surface area is 132 Å². The van der Waals surface area contributed by atoms with E-state index in [9.17, 15) is 18.0 Å². The first-order chi connectivity index (χ1) is 10.1. The molecule has 1 amide bonds. The quantitative estimate of drug-likeness (QED) is 0.843. The van der Waals surface area contributed by atoms with Gasteiger partial charge in [-0.25, -0.2) is 0 Å². The molecule has 0 radical (unpaired) electrons. The van der Waals surface area contributed by atoms with Crippen LogP contribution in [-0.2, 0) is 0 Å². The summed E-state index contributed by atoms with van der Waals surface area (Å²) >= 11 is -0.185. The maximum absolute atomic E-state index is 12.4. The first kappa shape index (κ1) is 17.1. The number of alkyl halides is 3. The number of likely N-dealkylation sites (tertiary alicyclic amines) is 1. The summed E-state index contributed by atoms with van der Waals surface area (Å²) in [6.07, 6.45) is 0.723. The molecule has 1 atom stereocenters. The van der Waals surface area contributed by atoms with Crippen LogP contribution < -0.4 is 5.73 Å². The highest BCUT2D eigenvalue weighted by atomic mass is 32.2. The minimum absolute atomic E-state index is 0.0436. The summed E-state index contributed by atoms with van der Waals surface area (Å²) in [4.78, 5) is 14.2. The first-order valence-electron chi connectivity index (χ1n) is 6.99. The average molecular weight is 332 g/mol. The Balaban J connectivity index is 2.07. The van der Waals surface area contributed by atoms with Crippen molar-refractivity contribution in [3.8, 4) is 0 Å². The standard InChI is InChI=1S/C15H19F3N2OS/c1-14(2)9-20(8-7-12(14)19)13(21)10-3-5-11(6-4-10)22-15(16,17)18/h3-6,12H,7-9,19H2,1-2H3. The van der Waals surface area contributed by atoms with Crippen molar-refractivity contribution >= 4 is 17.7 Å². The predicted molar refractivity (Wildman–Crippen MR) is 80.6 cm³/mol. The SMILES string of the molecule is CC1(C)CN(C(=O)c2ccc(SC(F)(F)F)cc2)CCC1N. The van der Waals surface area contributed by atoms with Crippen LogP contribution >= 0.6 is 11.8 Å². The van der Waals surface area contributed by atoms with Crippen molar-refractivity contribution in [2.45, 2.75) is 36.7 Å². The zero-order chi connectivity index (χ0) is 16.5. The van der Waals surface area contributed by atoms with Gasteiger partial charge in [0.25, 0.3) is 5.91 Å². The fourth-order valence-electron chi connectivity index (χ4n) is 2.53. The molecule has 1 heterocycles. The Hall–Kier alpha value is -1.21. The summed E-state index contributed by atoms with van der Waals surface area (Å²) in [6, 6.07) is 5.58. The summed E-state index contributed by atoms with van der Waals surface area (Å²) in [6.45, 7) is 5.15. The van der Waals surface area contributed by atoms with E-state index in [-0.39, 0.29) is 34.0 Å². The first-order valence-corrected chi connectivity index (χ1v) is 7.81. The maximum Gasteiger partial charge on any atom is 0.446 e. The normalized spacial score (nSPS) is 21.7. The Morgan fingerprint density at radius 3 is 2.41 bits per heavy atom. The molecule has 3 nitrogen and oxygen atoms in total. The van der Waals surface area contributed by atoms with E-state index in [1.165, 1.54) is 24.3 Å². The van der Waals surface area contributed by atoms with Crippen LogP contribution in [0.15, 0.2) is 29.2 Å². The lowest BCUT2D eigenvalue weighted by atomic mass is 9.79. The molecule has 0 spiro atoms. The summed E-state index contributed by atoms with van der Waals surface area (Å²) in [5.74, 6) is -0.163. The summed E-state index contributed by atoms with van der Waals surface area (Å²) < 4.78 is 36.9. The highest BCUT2D eigenvalue weighted by Crippen LogP contribution is 2.37. The Morgan fingerprint density at radius 2 is 1.91 bits per heavy atom. The van der Waals surface area contributed by atoms with Crippen LogP contribution in [-0.4, -0.2) is 35.4 Å². The average Bonchev–Trinajstić information content (AvgIpc) is 2.40. The fourth-order valence-corrected chi connectivity index (χ4v) is 3.07. The molecule has 1 saturated heterocycles. The lowest BCUT2D eigenvalue weighted by molar-refractivity contribution is -0.0328. The number of thioether (sulfide) groups is 1. The lowest BCUT2D eigenvalue weighted by Crippen LogP contribution is -2.53. The summed E-state index contributed by atoms with van der Waals surface area (Å²) in [7, 11) is 0. The zero-order valence-electron chi connectivity index (χ0n) is 12.5. The number of hydrogen-bond acceptors (Lipinski definition) is 3. The van der Waals surface area contributed by atoms with Crippen LogP contribution in [0, 0.1) is 5.41 Å². The van der Waals surface area contributed by atoms with Crippen molar-refractivity contribution in [2.24, 2.45) is 11.1 Å². The van der Waals surface area contributed by atoms with Gasteiger partial charge >= 0.3 is 5.51 Å². The van der Waals surface area contributed by atoms with E-state index < -0.39 is 5.51 Å². The van der Waals surface area contributed by atoms with Crippen LogP contribution in [0.2, 0.25) is 0 Å². The number of nitrogens with zero attached hydrogens (tertiary/aromatic N) is 1. The number of hydrogen-bond donors (Lipinski definition) is 1. The Bertz CT molecular complexity index is 543. The third kappa shape index (κ3) is 4.16. The van der Waals surface area contributed by atoms with Gasteiger partial charge in [-0.2, -0.15) is 13.2 Å². The summed E-state index contributed by atoms with van der Waals surface area (Å²) in [5, 5.41) is 0. The van der Waals surface area contributed by atoms with Crippen molar-refractivity contribution in [2.75, 3.05) is 13.1 Å². The molecule has 0 aromatic heterocycles. The molecule has 2 N–H and O–H groups in total. The Kier molecular flexibility index (Phi) is 4.77. The molecular formula is C15H19F3N2OS. The molecule has 2 rings (SSSR count). The molecule has 7 heteroatoms. The molecule has 22 heavy (non-hydrogen) atoms. The number of carbonyl (C=O) groups is 1. The van der Waals surface area contributed by atoms with E-state index in [0.29, 0.717) is 18.7 Å². The number of piperidine rings is 1. The number of nitrogens with two attached hydrogens (primary N) is 1. The Morgan fingerprint density at radius 1 is 1.32 bits per heavy atom. The molecule has 0 bridgehead atoms. The van der Waals surface area contributed by atoms with Crippen LogP contribution in [0.4, 0.5) is 13.2 Å². The van der Waals surface area contributed by atoms with Gasteiger partial charge in [0, 0.05) is 29.6 Å². The van der Waals surface area contributed by atoms with Gasteiger partial charge in [-0.3, -0.25) is 4.79 Å². The van der Waals surface area contributed by atoms with Gasteiger partial charge in [0.1, 0.15) is 0 Å². The van der Waals surface area contributed by atoms with Crippen molar-refractivity contribution < 1.29 is 18.0 Å². The van der Waals surface area contributed by atoms with Gasteiger partial charge in [0.05, 0.1) is 0 Å². The van der Waals surface area contributed by atoms with E-state index in [0.717, 1.165) is 6.42 Å². The van der Waals surface area contributed by atoms with Gasteiger partial charge in [-0.1, -0.05) is 13.8 Å². The number of amides is 1. The lowest BCUT2D eigenvalue weighted by Gasteiger charge is -2.42. The maximum atomic E-state index is 12.4. The zero-order valence-corrected chi connectivity index (χ0v) is 13.3. The molecule has 1 unspecified atom stereocenters. The van der Waals surface area contributed by atoms with E-state index in [1.54, 1.807) is 4.90 Å². The second-order valence-electron chi connectivity index (χ2n) is 6.18. The largest absolute Gasteiger partial charge is 0.446 e. The number of benzene rings is 1. The van der Waals surface area contributed by atoms with E-state index >= 15 is 0 Å². The van der Waals surface area contributed by atoms with E-state index in [4.69, 9.17) is 5.73 Å². The highest BCUT2D eigenvalue weighted by Gasteiger charge is 2.35. The molecule has 0 aliphatic carbocycles. The van der Waals surface area contributed by atoms with Gasteiger partial charge in [-0.15, -0.1) is 0 Å². The van der Waals surface area contributed by atoms with Crippen molar-refractivity contribution in [3.63, 3.8) is 0 Å². The van der Waals surface area contributed by atoms with Crippen LogP contribution in [0.3, 0.4) is 0 Å². The topological polar surface area (TPSA) is 46.3 Å².